The van der Waals surface area contributed by atoms with Crippen molar-refractivity contribution < 1.29 is 4.79 Å². The highest BCUT2D eigenvalue weighted by atomic mass is 16.1. The van der Waals surface area contributed by atoms with E-state index >= 15 is 0 Å². The van der Waals surface area contributed by atoms with Crippen LogP contribution in [0.15, 0.2) is 18.2 Å². The van der Waals surface area contributed by atoms with E-state index in [4.69, 9.17) is 5.73 Å². The summed E-state index contributed by atoms with van der Waals surface area (Å²) < 4.78 is 0. The van der Waals surface area contributed by atoms with Crippen molar-refractivity contribution >= 4 is 17.3 Å². The predicted octanol–water partition coefficient (Wildman–Crippen LogP) is 2.54. The highest BCUT2D eigenvalue weighted by molar-refractivity contribution is 5.92. The maximum absolute atomic E-state index is 12.2. The lowest BCUT2D eigenvalue weighted by Crippen LogP contribution is -2.34. The molecular weight excluding hydrogens is 250 g/mol. The summed E-state index contributed by atoms with van der Waals surface area (Å²) in [6.07, 6.45) is 3.00. The summed E-state index contributed by atoms with van der Waals surface area (Å²) >= 11 is 0. The van der Waals surface area contributed by atoms with Crippen molar-refractivity contribution in [1.82, 2.24) is 5.32 Å². The largest absolute Gasteiger partial charge is 0.399 e. The summed E-state index contributed by atoms with van der Waals surface area (Å²) in [7, 11) is 0. The van der Waals surface area contributed by atoms with Crippen LogP contribution in [0.2, 0.25) is 0 Å². The molecule has 20 heavy (non-hydrogen) atoms. The van der Waals surface area contributed by atoms with Gasteiger partial charge >= 0.3 is 0 Å². The summed E-state index contributed by atoms with van der Waals surface area (Å²) in [6.45, 7) is 6.29. The molecule has 1 amide bonds. The molecule has 2 rings (SSSR count). The van der Waals surface area contributed by atoms with Crippen LogP contribution in [-0.4, -0.2) is 19.0 Å². The number of carbonyl (C=O) groups excluding carboxylic acids is 1. The Morgan fingerprint density at radius 2 is 2.35 bits per heavy atom. The van der Waals surface area contributed by atoms with Crippen LogP contribution in [0.4, 0.5) is 11.4 Å². The van der Waals surface area contributed by atoms with Gasteiger partial charge in [-0.15, -0.1) is 0 Å². The minimum absolute atomic E-state index is 0.0803. The Labute approximate surface area is 121 Å². The van der Waals surface area contributed by atoms with Crippen molar-refractivity contribution in [2.75, 3.05) is 24.1 Å². The molecule has 2 unspecified atom stereocenters. The van der Waals surface area contributed by atoms with Gasteiger partial charge in [-0.2, -0.15) is 0 Å². The van der Waals surface area contributed by atoms with E-state index in [0.717, 1.165) is 24.3 Å². The summed E-state index contributed by atoms with van der Waals surface area (Å²) in [5, 5.41) is 6.39. The molecule has 4 heteroatoms. The van der Waals surface area contributed by atoms with Crippen LogP contribution in [0.3, 0.4) is 0 Å². The number of piperidine rings is 1. The number of aryl methyl sites for hydroxylation is 1. The molecule has 0 saturated carbocycles. The Morgan fingerprint density at radius 3 is 3.05 bits per heavy atom. The van der Waals surface area contributed by atoms with E-state index in [1.165, 1.54) is 12.8 Å². The van der Waals surface area contributed by atoms with E-state index < -0.39 is 0 Å². The molecule has 1 aliphatic rings. The molecule has 1 saturated heterocycles. The third-order valence-electron chi connectivity index (χ3n) is 4.18. The van der Waals surface area contributed by atoms with Gasteiger partial charge in [0.1, 0.15) is 0 Å². The monoisotopic (exact) mass is 275 g/mol. The van der Waals surface area contributed by atoms with Gasteiger partial charge in [-0.25, -0.2) is 0 Å². The van der Waals surface area contributed by atoms with Crippen molar-refractivity contribution in [2.24, 2.45) is 11.8 Å². The number of benzene rings is 1. The predicted molar refractivity (Wildman–Crippen MR) is 83.6 cm³/mol. The fourth-order valence-corrected chi connectivity index (χ4v) is 2.80. The van der Waals surface area contributed by atoms with E-state index in [9.17, 15) is 4.79 Å². The zero-order valence-electron chi connectivity index (χ0n) is 12.4. The van der Waals surface area contributed by atoms with Crippen LogP contribution >= 0.6 is 0 Å². The number of rotatable bonds is 4. The summed E-state index contributed by atoms with van der Waals surface area (Å²) in [6, 6.07) is 5.60. The molecule has 1 heterocycles. The van der Waals surface area contributed by atoms with Crippen LogP contribution in [0.5, 0.6) is 0 Å². The number of hydrogen-bond donors (Lipinski definition) is 3. The molecule has 0 bridgehead atoms. The summed E-state index contributed by atoms with van der Waals surface area (Å²) in [5.74, 6) is 1.09. The molecule has 1 aliphatic heterocycles. The Bertz CT molecular complexity index is 467. The van der Waals surface area contributed by atoms with Crippen molar-refractivity contribution in [3.8, 4) is 0 Å². The van der Waals surface area contributed by atoms with Gasteiger partial charge in [0, 0.05) is 17.8 Å². The van der Waals surface area contributed by atoms with Crippen molar-refractivity contribution in [3.63, 3.8) is 0 Å². The fourth-order valence-electron chi connectivity index (χ4n) is 2.80. The van der Waals surface area contributed by atoms with Gasteiger partial charge in [-0.05, 0) is 62.4 Å². The number of nitrogens with two attached hydrogens (primary N) is 1. The first-order valence-corrected chi connectivity index (χ1v) is 7.43. The smallest absolute Gasteiger partial charge is 0.224 e. The van der Waals surface area contributed by atoms with E-state index in [0.29, 0.717) is 23.9 Å². The first-order valence-electron chi connectivity index (χ1n) is 7.43. The number of amides is 1. The highest BCUT2D eigenvalue weighted by Crippen LogP contribution is 2.24. The zero-order valence-corrected chi connectivity index (χ0v) is 12.4. The quantitative estimate of drug-likeness (QED) is 0.740. The van der Waals surface area contributed by atoms with Crippen LogP contribution in [-0.2, 0) is 4.79 Å². The molecule has 110 valence electrons. The molecule has 0 aromatic heterocycles. The van der Waals surface area contributed by atoms with E-state index in [2.05, 4.69) is 17.6 Å². The first kappa shape index (κ1) is 14.9. The topological polar surface area (TPSA) is 67.1 Å². The molecule has 2 atom stereocenters. The van der Waals surface area contributed by atoms with E-state index in [1.807, 2.05) is 25.1 Å². The van der Waals surface area contributed by atoms with Gasteiger partial charge in [0.25, 0.3) is 0 Å². The molecule has 1 aromatic rings. The van der Waals surface area contributed by atoms with Gasteiger partial charge in [0.15, 0.2) is 0 Å². The molecule has 1 fully saturated rings. The minimum Gasteiger partial charge on any atom is -0.399 e. The van der Waals surface area contributed by atoms with Gasteiger partial charge in [-0.3, -0.25) is 4.79 Å². The van der Waals surface area contributed by atoms with E-state index in [1.54, 1.807) is 0 Å². The minimum atomic E-state index is 0.0803. The first-order chi connectivity index (χ1) is 9.56. The molecule has 0 aliphatic carbocycles. The van der Waals surface area contributed by atoms with Gasteiger partial charge in [0.05, 0.1) is 0 Å². The Kier molecular flexibility index (Phi) is 5.01. The maximum atomic E-state index is 12.2. The zero-order chi connectivity index (χ0) is 14.5. The van der Waals surface area contributed by atoms with Crippen LogP contribution in [0.25, 0.3) is 0 Å². The average molecular weight is 275 g/mol. The number of nitrogen functional groups attached to an aromatic ring is 1. The lowest BCUT2D eigenvalue weighted by Gasteiger charge is -2.28. The van der Waals surface area contributed by atoms with E-state index in [-0.39, 0.29) is 5.91 Å². The maximum Gasteiger partial charge on any atom is 0.224 e. The summed E-state index contributed by atoms with van der Waals surface area (Å²) in [4.78, 5) is 12.2. The normalized spacial score (nSPS) is 20.4. The molecule has 0 radical (unpaired) electrons. The number of anilines is 2. The summed E-state index contributed by atoms with van der Waals surface area (Å²) in [5.41, 5.74) is 8.30. The van der Waals surface area contributed by atoms with Crippen molar-refractivity contribution in [2.45, 2.75) is 33.1 Å². The standard InChI is InChI=1S/C16H25N3O/c1-11-5-6-14(17)9-15(11)19-16(20)8-12(2)13-4-3-7-18-10-13/h5-6,9,12-13,18H,3-4,7-8,10,17H2,1-2H3,(H,19,20). The highest BCUT2D eigenvalue weighted by Gasteiger charge is 2.22. The molecule has 4 nitrogen and oxygen atoms in total. The second-order valence-electron chi connectivity index (χ2n) is 5.91. The molecule has 1 aromatic carbocycles. The molecule has 4 N–H and O–H groups in total. The van der Waals surface area contributed by atoms with Crippen LogP contribution in [0.1, 0.15) is 31.7 Å². The average Bonchev–Trinajstić information content (AvgIpc) is 2.43. The third kappa shape index (κ3) is 3.97. The lowest BCUT2D eigenvalue weighted by atomic mass is 9.85. The van der Waals surface area contributed by atoms with Gasteiger partial charge in [0.2, 0.25) is 5.91 Å². The Balaban J connectivity index is 1.89. The third-order valence-corrected chi connectivity index (χ3v) is 4.18. The molecular formula is C16H25N3O. The van der Waals surface area contributed by atoms with Gasteiger partial charge < -0.3 is 16.4 Å². The van der Waals surface area contributed by atoms with Crippen molar-refractivity contribution in [3.05, 3.63) is 23.8 Å². The number of carbonyl (C=O) groups is 1. The van der Waals surface area contributed by atoms with Gasteiger partial charge in [-0.1, -0.05) is 13.0 Å². The number of nitrogens with one attached hydrogen (secondary N) is 2. The van der Waals surface area contributed by atoms with Crippen molar-refractivity contribution in [1.29, 1.82) is 0 Å². The van der Waals surface area contributed by atoms with Crippen LogP contribution < -0.4 is 16.4 Å². The number of hydrogen-bond acceptors (Lipinski definition) is 3. The second kappa shape index (κ2) is 6.75. The Morgan fingerprint density at radius 1 is 1.55 bits per heavy atom. The molecule has 0 spiro atoms. The lowest BCUT2D eigenvalue weighted by molar-refractivity contribution is -0.117. The second-order valence-corrected chi connectivity index (χ2v) is 5.91. The SMILES string of the molecule is Cc1ccc(N)cc1NC(=O)CC(C)C1CCCNC1. The fraction of sp³-hybridized carbons (Fsp3) is 0.562. The Hall–Kier alpha value is -1.55. The van der Waals surface area contributed by atoms with Crippen LogP contribution in [0, 0.1) is 18.8 Å².